The third-order valence-electron chi connectivity index (χ3n) is 5.08. The fraction of sp³-hybridized carbons (Fsp3) is 0.350. The van der Waals surface area contributed by atoms with Gasteiger partial charge in [-0.05, 0) is 56.0 Å². The molecule has 3 rings (SSSR count). The molecular formula is C20H22F2N2O3S. The minimum atomic E-state index is -3.87. The SMILES string of the molecule is Cc1ccc(S(=O)(=O)N(C)CC(=O)N2CCCc3c(F)cc(F)cc32)cc1C. The van der Waals surface area contributed by atoms with Crippen molar-refractivity contribution in [2.45, 2.75) is 31.6 Å². The summed E-state index contributed by atoms with van der Waals surface area (Å²) >= 11 is 0. The molecule has 28 heavy (non-hydrogen) atoms. The highest BCUT2D eigenvalue weighted by Gasteiger charge is 2.29. The van der Waals surface area contributed by atoms with Crippen molar-refractivity contribution in [3.05, 3.63) is 58.7 Å². The van der Waals surface area contributed by atoms with Gasteiger partial charge in [0.1, 0.15) is 11.6 Å². The first kappa shape index (κ1) is 20.4. The van der Waals surface area contributed by atoms with Crippen molar-refractivity contribution in [2.24, 2.45) is 0 Å². The Labute approximate surface area is 163 Å². The van der Waals surface area contributed by atoms with Crippen molar-refractivity contribution >= 4 is 21.6 Å². The van der Waals surface area contributed by atoms with Crippen LogP contribution in [0.15, 0.2) is 35.2 Å². The molecule has 0 radical (unpaired) electrons. The van der Waals surface area contributed by atoms with Crippen molar-refractivity contribution < 1.29 is 22.0 Å². The van der Waals surface area contributed by atoms with E-state index in [-0.39, 0.29) is 22.7 Å². The van der Waals surface area contributed by atoms with Gasteiger partial charge in [0.15, 0.2) is 0 Å². The molecule has 0 aliphatic carbocycles. The Morgan fingerprint density at radius 1 is 1.14 bits per heavy atom. The fourth-order valence-corrected chi connectivity index (χ4v) is 4.49. The van der Waals surface area contributed by atoms with E-state index in [1.807, 2.05) is 13.8 Å². The Bertz CT molecular complexity index is 1040. The lowest BCUT2D eigenvalue weighted by molar-refractivity contribution is -0.118. The molecule has 5 nitrogen and oxygen atoms in total. The van der Waals surface area contributed by atoms with E-state index in [1.165, 1.54) is 18.0 Å². The monoisotopic (exact) mass is 408 g/mol. The van der Waals surface area contributed by atoms with Crippen molar-refractivity contribution in [1.82, 2.24) is 4.31 Å². The van der Waals surface area contributed by atoms with Crippen LogP contribution in [0.3, 0.4) is 0 Å². The average molecular weight is 408 g/mol. The number of likely N-dealkylation sites (N-methyl/N-ethyl adjacent to an activating group) is 1. The van der Waals surface area contributed by atoms with Gasteiger partial charge in [-0.15, -0.1) is 0 Å². The van der Waals surface area contributed by atoms with Gasteiger partial charge in [0, 0.05) is 25.2 Å². The molecule has 0 saturated heterocycles. The third kappa shape index (κ3) is 3.79. The number of anilines is 1. The van der Waals surface area contributed by atoms with E-state index in [9.17, 15) is 22.0 Å². The van der Waals surface area contributed by atoms with Gasteiger partial charge in [-0.25, -0.2) is 17.2 Å². The predicted octanol–water partition coefficient (Wildman–Crippen LogP) is 3.18. The van der Waals surface area contributed by atoms with E-state index < -0.39 is 34.1 Å². The molecule has 8 heteroatoms. The Morgan fingerprint density at radius 2 is 1.86 bits per heavy atom. The van der Waals surface area contributed by atoms with Crippen molar-refractivity contribution in [3.8, 4) is 0 Å². The van der Waals surface area contributed by atoms with Crippen LogP contribution in [-0.2, 0) is 21.2 Å². The van der Waals surface area contributed by atoms with Crippen molar-refractivity contribution in [3.63, 3.8) is 0 Å². The summed E-state index contributed by atoms with van der Waals surface area (Å²) in [6.45, 7) is 3.55. The van der Waals surface area contributed by atoms with Gasteiger partial charge >= 0.3 is 0 Å². The van der Waals surface area contributed by atoms with Gasteiger partial charge in [0.25, 0.3) is 0 Å². The maximum atomic E-state index is 14.0. The maximum Gasteiger partial charge on any atom is 0.243 e. The standard InChI is InChI=1S/C20H22F2N2O3S/c1-13-6-7-16(9-14(13)2)28(26,27)23(3)12-20(25)24-8-4-5-17-18(22)10-15(21)11-19(17)24/h6-7,9-11H,4-5,8,12H2,1-3H3. The van der Waals surface area contributed by atoms with E-state index >= 15 is 0 Å². The minimum Gasteiger partial charge on any atom is -0.311 e. The molecule has 2 aromatic rings. The topological polar surface area (TPSA) is 57.7 Å². The smallest absolute Gasteiger partial charge is 0.243 e. The summed E-state index contributed by atoms with van der Waals surface area (Å²) in [6, 6.07) is 6.69. The average Bonchev–Trinajstić information content (AvgIpc) is 2.63. The molecule has 1 aliphatic heterocycles. The quantitative estimate of drug-likeness (QED) is 0.781. The summed E-state index contributed by atoms with van der Waals surface area (Å²) in [5, 5.41) is 0. The number of halogens is 2. The van der Waals surface area contributed by atoms with Crippen LogP contribution in [0.1, 0.15) is 23.1 Å². The highest BCUT2D eigenvalue weighted by Crippen LogP contribution is 2.30. The second-order valence-corrected chi connectivity index (χ2v) is 9.09. The van der Waals surface area contributed by atoms with Gasteiger partial charge in [-0.2, -0.15) is 4.31 Å². The van der Waals surface area contributed by atoms with Crippen LogP contribution < -0.4 is 4.90 Å². The lowest BCUT2D eigenvalue weighted by Gasteiger charge is -2.31. The molecule has 0 bridgehead atoms. The Balaban J connectivity index is 1.85. The molecule has 0 fully saturated rings. The van der Waals surface area contributed by atoms with Gasteiger partial charge in [0.2, 0.25) is 15.9 Å². The molecule has 1 heterocycles. The molecule has 150 valence electrons. The molecule has 0 atom stereocenters. The fourth-order valence-electron chi connectivity index (χ4n) is 3.29. The molecule has 0 aromatic heterocycles. The highest BCUT2D eigenvalue weighted by atomic mass is 32.2. The van der Waals surface area contributed by atoms with Crippen LogP contribution in [-0.4, -0.2) is 38.8 Å². The van der Waals surface area contributed by atoms with Gasteiger partial charge < -0.3 is 4.90 Å². The Hall–Kier alpha value is -2.32. The molecule has 1 aliphatic rings. The maximum absolute atomic E-state index is 14.0. The van der Waals surface area contributed by atoms with Crippen molar-refractivity contribution in [1.29, 1.82) is 0 Å². The number of benzene rings is 2. The second kappa shape index (κ2) is 7.60. The first-order valence-corrected chi connectivity index (χ1v) is 10.4. The predicted molar refractivity (Wildman–Crippen MR) is 103 cm³/mol. The number of aryl methyl sites for hydroxylation is 2. The lowest BCUT2D eigenvalue weighted by atomic mass is 10.0. The number of nitrogens with zero attached hydrogens (tertiary/aromatic N) is 2. The number of carbonyl (C=O) groups excluding carboxylic acids is 1. The number of rotatable bonds is 4. The van der Waals surface area contributed by atoms with Crippen LogP contribution in [0.4, 0.5) is 14.5 Å². The molecular weight excluding hydrogens is 386 g/mol. The van der Waals surface area contributed by atoms with Crippen LogP contribution in [0.25, 0.3) is 0 Å². The molecule has 0 spiro atoms. The first-order valence-electron chi connectivity index (χ1n) is 8.93. The number of sulfonamides is 1. The number of hydrogen-bond acceptors (Lipinski definition) is 3. The zero-order chi connectivity index (χ0) is 20.6. The number of hydrogen-bond donors (Lipinski definition) is 0. The lowest BCUT2D eigenvalue weighted by Crippen LogP contribution is -2.43. The number of carbonyl (C=O) groups is 1. The van der Waals surface area contributed by atoms with Crippen LogP contribution in [0.2, 0.25) is 0 Å². The zero-order valence-corrected chi connectivity index (χ0v) is 16.8. The Morgan fingerprint density at radius 3 is 2.54 bits per heavy atom. The van der Waals surface area contributed by atoms with Crippen LogP contribution >= 0.6 is 0 Å². The summed E-state index contributed by atoms with van der Waals surface area (Å²) in [6.07, 6.45) is 0.928. The number of amides is 1. The minimum absolute atomic E-state index is 0.0991. The van der Waals surface area contributed by atoms with E-state index in [2.05, 4.69) is 0 Å². The summed E-state index contributed by atoms with van der Waals surface area (Å²) in [4.78, 5) is 14.1. The third-order valence-corrected chi connectivity index (χ3v) is 6.88. The Kier molecular flexibility index (Phi) is 5.54. The summed E-state index contributed by atoms with van der Waals surface area (Å²) in [5.41, 5.74) is 2.25. The van der Waals surface area contributed by atoms with E-state index in [0.717, 1.165) is 27.6 Å². The van der Waals surface area contributed by atoms with Gasteiger partial charge in [-0.3, -0.25) is 4.79 Å². The largest absolute Gasteiger partial charge is 0.311 e. The van der Waals surface area contributed by atoms with Crippen LogP contribution in [0.5, 0.6) is 0 Å². The summed E-state index contributed by atoms with van der Waals surface area (Å²) < 4.78 is 54.2. The molecule has 0 unspecified atom stereocenters. The highest BCUT2D eigenvalue weighted by molar-refractivity contribution is 7.89. The van der Waals surface area contributed by atoms with Crippen molar-refractivity contribution in [2.75, 3.05) is 25.0 Å². The van der Waals surface area contributed by atoms with E-state index in [1.54, 1.807) is 12.1 Å². The number of fused-ring (bicyclic) bond motifs is 1. The van der Waals surface area contributed by atoms with Crippen LogP contribution in [0, 0.1) is 25.5 Å². The zero-order valence-electron chi connectivity index (χ0n) is 16.0. The molecule has 0 N–H and O–H groups in total. The van der Waals surface area contributed by atoms with E-state index in [4.69, 9.17) is 0 Å². The molecule has 1 amide bonds. The van der Waals surface area contributed by atoms with Gasteiger partial charge in [-0.1, -0.05) is 6.07 Å². The van der Waals surface area contributed by atoms with E-state index in [0.29, 0.717) is 12.8 Å². The summed E-state index contributed by atoms with van der Waals surface area (Å²) in [5.74, 6) is -1.99. The molecule has 0 saturated carbocycles. The van der Waals surface area contributed by atoms with Gasteiger partial charge in [0.05, 0.1) is 17.1 Å². The first-order chi connectivity index (χ1) is 13.1. The summed E-state index contributed by atoms with van der Waals surface area (Å²) in [7, 11) is -2.55. The second-order valence-electron chi connectivity index (χ2n) is 7.04. The normalized spacial score (nSPS) is 14.3. The molecule has 2 aromatic carbocycles.